The molecule has 7 nitrogen and oxygen atoms in total. The summed E-state index contributed by atoms with van der Waals surface area (Å²) >= 11 is 0. The number of aromatic nitrogens is 3. The summed E-state index contributed by atoms with van der Waals surface area (Å²) in [4.78, 5) is 20.1. The molecule has 1 N–H and O–H groups in total. The van der Waals surface area contributed by atoms with Gasteiger partial charge in [-0.25, -0.2) is 32.3 Å². The first-order valence-corrected chi connectivity index (χ1v) is 11.6. The zero-order valence-electron chi connectivity index (χ0n) is 19.6. The predicted octanol–water partition coefficient (Wildman–Crippen LogP) is 4.92. The van der Waals surface area contributed by atoms with Gasteiger partial charge in [-0.2, -0.15) is 0 Å². The fourth-order valence-corrected chi connectivity index (χ4v) is 4.23. The van der Waals surface area contributed by atoms with Crippen molar-refractivity contribution >= 4 is 17.0 Å². The zero-order valence-corrected chi connectivity index (χ0v) is 19.6. The summed E-state index contributed by atoms with van der Waals surface area (Å²) < 4.78 is 71.3. The van der Waals surface area contributed by atoms with E-state index < -0.39 is 46.4 Å². The highest BCUT2D eigenvalue weighted by Crippen LogP contribution is 2.30. The molecule has 192 valence electrons. The Kier molecular flexibility index (Phi) is 6.55. The number of ether oxygens (including phenoxy) is 2. The molecule has 4 aromatic rings. The number of halogens is 4. The molecule has 3 heterocycles. The molecule has 0 amide bonds. The van der Waals surface area contributed by atoms with Gasteiger partial charge in [-0.05, 0) is 49.2 Å². The number of fused-ring (bicyclic) bond motifs is 1. The Morgan fingerprint density at radius 1 is 1.08 bits per heavy atom. The van der Waals surface area contributed by atoms with Crippen molar-refractivity contribution in [1.82, 2.24) is 14.5 Å². The lowest BCUT2D eigenvalue weighted by Crippen LogP contribution is -2.31. The minimum Gasteiger partial charge on any atom is -0.493 e. The normalized spacial score (nSPS) is 15.1. The molecule has 1 saturated heterocycles. The third-order valence-corrected chi connectivity index (χ3v) is 6.15. The van der Waals surface area contributed by atoms with E-state index in [0.717, 1.165) is 36.8 Å². The number of esters is 1. The minimum atomic E-state index is -0.964. The quantitative estimate of drug-likeness (QED) is 0.278. The largest absolute Gasteiger partial charge is 0.493 e. The minimum absolute atomic E-state index is 0.00343. The van der Waals surface area contributed by atoms with E-state index in [9.17, 15) is 23.1 Å². The second kappa shape index (κ2) is 9.81. The number of pyridine rings is 1. The van der Waals surface area contributed by atoms with Crippen molar-refractivity contribution in [3.8, 4) is 17.1 Å². The molecule has 1 aliphatic heterocycles. The highest BCUT2D eigenvalue weighted by Gasteiger charge is 2.25. The highest BCUT2D eigenvalue weighted by molar-refractivity contribution is 5.94. The first-order chi connectivity index (χ1) is 17.7. The maximum Gasteiger partial charge on any atom is 0.338 e. The van der Waals surface area contributed by atoms with Crippen molar-refractivity contribution in [3.63, 3.8) is 0 Å². The molecular weight excluding hydrogens is 494 g/mol. The second-order valence-electron chi connectivity index (χ2n) is 8.57. The smallest absolute Gasteiger partial charge is 0.338 e. The summed E-state index contributed by atoms with van der Waals surface area (Å²) in [7, 11) is 0. The zero-order chi connectivity index (χ0) is 26.3. The number of hydrogen-bond acceptors (Lipinski definition) is 6. The van der Waals surface area contributed by atoms with Gasteiger partial charge in [-0.15, -0.1) is 0 Å². The maximum absolute atomic E-state index is 15.1. The highest BCUT2D eigenvalue weighted by atomic mass is 19.1. The van der Waals surface area contributed by atoms with Gasteiger partial charge in [0.2, 0.25) is 5.88 Å². The topological polar surface area (TPSA) is 86.5 Å². The van der Waals surface area contributed by atoms with E-state index in [-0.39, 0.29) is 53.7 Å². The Labute approximate surface area is 208 Å². The number of imidazole rings is 1. The molecular formula is C26H21F4N3O4. The van der Waals surface area contributed by atoms with Gasteiger partial charge in [-0.1, -0.05) is 0 Å². The van der Waals surface area contributed by atoms with Crippen LogP contribution in [0.5, 0.6) is 5.88 Å². The van der Waals surface area contributed by atoms with Crippen LogP contribution in [0.15, 0.2) is 36.4 Å². The van der Waals surface area contributed by atoms with Crippen molar-refractivity contribution in [2.24, 2.45) is 0 Å². The molecule has 37 heavy (non-hydrogen) atoms. The molecule has 0 bridgehead atoms. The maximum atomic E-state index is 15.1. The summed E-state index contributed by atoms with van der Waals surface area (Å²) in [6.45, 7) is 2.57. The standard InChI is InChI=1S/C26H21F4N3O4/c1-2-36-26(35)14-8-20(30)25-21(9-14)33(12-15-5-6-37-15)22(31-25)10-13-7-19(29)16(11-18(13)28)24-17(27)3-4-23(34)32-24/h3-4,7-9,11,15H,2,5-6,10,12H2,1H3,(H,32,34)/t15-/m0/s1. The third-order valence-electron chi connectivity index (χ3n) is 6.15. The first-order valence-electron chi connectivity index (χ1n) is 11.6. The fourth-order valence-electron chi connectivity index (χ4n) is 4.23. The van der Waals surface area contributed by atoms with Crippen molar-refractivity contribution < 1.29 is 36.9 Å². The average molecular weight is 515 g/mol. The van der Waals surface area contributed by atoms with Crippen molar-refractivity contribution in [2.75, 3.05) is 13.2 Å². The van der Waals surface area contributed by atoms with E-state index in [1.807, 2.05) is 0 Å². The number of nitrogens with zero attached hydrogens (tertiary/aromatic N) is 3. The van der Waals surface area contributed by atoms with Crippen LogP contribution in [-0.4, -0.2) is 44.9 Å². The van der Waals surface area contributed by atoms with E-state index in [2.05, 4.69) is 9.97 Å². The lowest BCUT2D eigenvalue weighted by Gasteiger charge is -2.27. The first kappa shape index (κ1) is 24.7. The van der Waals surface area contributed by atoms with Gasteiger partial charge in [0.05, 0.1) is 30.3 Å². The summed E-state index contributed by atoms with van der Waals surface area (Å²) in [5, 5.41) is 9.54. The molecule has 2 aromatic carbocycles. The molecule has 0 spiro atoms. The molecule has 2 aromatic heterocycles. The van der Waals surface area contributed by atoms with E-state index in [1.54, 1.807) is 11.5 Å². The van der Waals surface area contributed by atoms with Crippen molar-refractivity contribution in [2.45, 2.75) is 32.4 Å². The SMILES string of the molecule is CCOC(=O)c1cc(F)c2nc(Cc3cc(F)c(-c4nc(O)ccc4F)cc3F)n(C[C@@H]3CCO3)c2c1. The number of carbonyl (C=O) groups is 1. The Morgan fingerprint density at radius 2 is 1.86 bits per heavy atom. The lowest BCUT2D eigenvalue weighted by atomic mass is 10.0. The molecule has 1 fully saturated rings. The Morgan fingerprint density at radius 3 is 2.57 bits per heavy atom. The third kappa shape index (κ3) is 4.74. The van der Waals surface area contributed by atoms with Gasteiger partial charge < -0.3 is 19.1 Å². The summed E-state index contributed by atoms with van der Waals surface area (Å²) in [6, 6.07) is 6.03. The van der Waals surface area contributed by atoms with Crippen molar-refractivity contribution in [3.05, 3.63) is 76.6 Å². The van der Waals surface area contributed by atoms with Gasteiger partial charge in [0.15, 0.2) is 5.82 Å². The summed E-state index contributed by atoms with van der Waals surface area (Å²) in [5.41, 5.74) is -0.861. The van der Waals surface area contributed by atoms with Crippen LogP contribution in [0.3, 0.4) is 0 Å². The summed E-state index contributed by atoms with van der Waals surface area (Å²) in [6.07, 6.45) is 0.336. The number of benzene rings is 2. The molecule has 0 saturated carbocycles. The van der Waals surface area contributed by atoms with Gasteiger partial charge in [0.1, 0.15) is 34.5 Å². The fraction of sp³-hybridized carbons (Fsp3) is 0.269. The van der Waals surface area contributed by atoms with E-state index in [1.165, 1.54) is 6.07 Å². The van der Waals surface area contributed by atoms with Crippen LogP contribution in [0.1, 0.15) is 35.1 Å². The number of aromatic hydroxyl groups is 1. The van der Waals surface area contributed by atoms with E-state index in [4.69, 9.17) is 9.47 Å². The van der Waals surface area contributed by atoms with Crippen LogP contribution in [-0.2, 0) is 22.4 Å². The predicted molar refractivity (Wildman–Crippen MR) is 124 cm³/mol. The van der Waals surface area contributed by atoms with E-state index in [0.29, 0.717) is 6.61 Å². The number of rotatable bonds is 7. The Balaban J connectivity index is 1.57. The van der Waals surface area contributed by atoms with Crippen LogP contribution in [0.2, 0.25) is 0 Å². The Hall–Kier alpha value is -3.99. The van der Waals surface area contributed by atoms with E-state index >= 15 is 4.39 Å². The molecule has 0 aliphatic carbocycles. The monoisotopic (exact) mass is 515 g/mol. The van der Waals surface area contributed by atoms with Crippen LogP contribution in [0, 0.1) is 23.3 Å². The van der Waals surface area contributed by atoms with Crippen molar-refractivity contribution in [1.29, 1.82) is 0 Å². The molecule has 1 aliphatic rings. The molecule has 1 atom stereocenters. The van der Waals surface area contributed by atoms with Gasteiger partial charge in [0.25, 0.3) is 0 Å². The van der Waals surface area contributed by atoms with Gasteiger partial charge >= 0.3 is 5.97 Å². The van der Waals surface area contributed by atoms with Crippen LogP contribution >= 0.6 is 0 Å². The lowest BCUT2D eigenvalue weighted by molar-refractivity contribution is -0.0589. The average Bonchev–Trinajstić information content (AvgIpc) is 3.17. The van der Waals surface area contributed by atoms with Gasteiger partial charge in [-0.3, -0.25) is 0 Å². The summed E-state index contributed by atoms with van der Waals surface area (Å²) in [5.74, 6) is -4.55. The Bertz CT molecular complexity index is 1520. The van der Waals surface area contributed by atoms with Crippen LogP contribution in [0.25, 0.3) is 22.3 Å². The molecule has 5 rings (SSSR count). The number of carbonyl (C=O) groups excluding carboxylic acids is 1. The molecule has 0 unspecified atom stereocenters. The van der Waals surface area contributed by atoms with Crippen LogP contribution < -0.4 is 0 Å². The molecule has 0 radical (unpaired) electrons. The molecule has 11 heteroatoms. The van der Waals surface area contributed by atoms with Crippen LogP contribution in [0.4, 0.5) is 17.6 Å². The number of hydrogen-bond donors (Lipinski definition) is 1. The second-order valence-corrected chi connectivity index (χ2v) is 8.57. The van der Waals surface area contributed by atoms with Gasteiger partial charge in [0, 0.05) is 24.7 Å².